The van der Waals surface area contributed by atoms with E-state index in [1.165, 1.54) is 0 Å². The van der Waals surface area contributed by atoms with Crippen molar-refractivity contribution >= 4 is 16.9 Å². The van der Waals surface area contributed by atoms with E-state index in [1.807, 2.05) is 19.1 Å². The van der Waals surface area contributed by atoms with Crippen molar-refractivity contribution in [2.24, 2.45) is 0 Å². The van der Waals surface area contributed by atoms with Gasteiger partial charge in [-0.1, -0.05) is 6.07 Å². The second kappa shape index (κ2) is 4.41. The van der Waals surface area contributed by atoms with Crippen molar-refractivity contribution in [3.63, 3.8) is 0 Å². The number of hydrogen-bond acceptors (Lipinski definition) is 3. The molecule has 2 aromatic rings. The first-order valence-corrected chi connectivity index (χ1v) is 5.26. The molecule has 0 aliphatic heterocycles. The summed E-state index contributed by atoms with van der Waals surface area (Å²) < 4.78 is 5.27. The predicted octanol–water partition coefficient (Wildman–Crippen LogP) is 2.18. The lowest BCUT2D eigenvalue weighted by Crippen LogP contribution is -2.00. The van der Waals surface area contributed by atoms with E-state index >= 15 is 0 Å². The third-order valence-electron chi connectivity index (χ3n) is 2.54. The van der Waals surface area contributed by atoms with Gasteiger partial charge in [-0.05, 0) is 24.6 Å². The highest BCUT2D eigenvalue weighted by Gasteiger charge is 2.07. The second-order valence-electron chi connectivity index (χ2n) is 3.89. The molecule has 0 fully saturated rings. The van der Waals surface area contributed by atoms with Gasteiger partial charge in [-0.2, -0.15) is 0 Å². The molecule has 4 heteroatoms. The summed E-state index contributed by atoms with van der Waals surface area (Å²) in [6.45, 7) is 1.88. The number of pyridine rings is 1. The van der Waals surface area contributed by atoms with E-state index in [4.69, 9.17) is 9.84 Å². The van der Waals surface area contributed by atoms with Crippen LogP contribution in [0.25, 0.3) is 10.9 Å². The van der Waals surface area contributed by atoms with Crippen LogP contribution in [0.2, 0.25) is 0 Å². The minimum Gasteiger partial charge on any atom is -0.496 e. The van der Waals surface area contributed by atoms with E-state index < -0.39 is 5.97 Å². The molecular formula is C13H13NO3. The van der Waals surface area contributed by atoms with Crippen LogP contribution in [0.3, 0.4) is 0 Å². The Bertz CT molecular complexity index is 578. The first-order chi connectivity index (χ1) is 8.10. The number of aromatic nitrogens is 1. The molecule has 1 N–H and O–H groups in total. The van der Waals surface area contributed by atoms with Crippen molar-refractivity contribution in [3.05, 3.63) is 35.5 Å². The van der Waals surface area contributed by atoms with E-state index in [-0.39, 0.29) is 6.42 Å². The summed E-state index contributed by atoms with van der Waals surface area (Å²) in [5.41, 5.74) is 2.35. The lowest BCUT2D eigenvalue weighted by molar-refractivity contribution is -0.136. The maximum absolute atomic E-state index is 10.6. The van der Waals surface area contributed by atoms with Crippen LogP contribution in [0.15, 0.2) is 24.3 Å². The van der Waals surface area contributed by atoms with E-state index in [9.17, 15) is 4.79 Å². The quantitative estimate of drug-likeness (QED) is 0.879. The minimum absolute atomic E-state index is 0.00781. The van der Waals surface area contributed by atoms with Crippen LogP contribution in [0, 0.1) is 6.92 Å². The summed E-state index contributed by atoms with van der Waals surface area (Å²) >= 11 is 0. The summed E-state index contributed by atoms with van der Waals surface area (Å²) in [5, 5.41) is 9.64. The Balaban J connectivity index is 2.57. The van der Waals surface area contributed by atoms with Crippen LogP contribution in [0.5, 0.6) is 5.75 Å². The number of ether oxygens (including phenoxy) is 1. The smallest absolute Gasteiger partial charge is 0.307 e. The number of carbonyl (C=O) groups is 1. The zero-order chi connectivity index (χ0) is 12.4. The third kappa shape index (κ3) is 2.36. The number of hydrogen-bond donors (Lipinski definition) is 1. The molecular weight excluding hydrogens is 218 g/mol. The maximum atomic E-state index is 10.6. The fraction of sp³-hybridized carbons (Fsp3) is 0.231. The zero-order valence-corrected chi connectivity index (χ0v) is 9.73. The molecule has 0 atom stereocenters. The highest BCUT2D eigenvalue weighted by atomic mass is 16.5. The SMILES string of the molecule is COc1cc(C)nc2cc(CC(=O)O)ccc12. The number of fused-ring (bicyclic) bond motifs is 1. The van der Waals surface area contributed by atoms with Crippen molar-refractivity contribution in [2.75, 3.05) is 7.11 Å². The number of rotatable bonds is 3. The average Bonchev–Trinajstić information content (AvgIpc) is 2.26. The van der Waals surface area contributed by atoms with Crippen LogP contribution in [-0.2, 0) is 11.2 Å². The van der Waals surface area contributed by atoms with Gasteiger partial charge in [-0.25, -0.2) is 0 Å². The summed E-state index contributed by atoms with van der Waals surface area (Å²) in [5.74, 6) is -0.0849. The Hall–Kier alpha value is -2.10. The number of aryl methyl sites for hydroxylation is 1. The van der Waals surface area contributed by atoms with Gasteiger partial charge >= 0.3 is 5.97 Å². The third-order valence-corrected chi connectivity index (χ3v) is 2.54. The number of methoxy groups -OCH3 is 1. The standard InChI is InChI=1S/C13H13NO3/c1-8-5-12(17-2)10-4-3-9(7-13(15)16)6-11(10)14-8/h3-6H,7H2,1-2H3,(H,15,16). The molecule has 0 saturated carbocycles. The van der Waals surface area contributed by atoms with Gasteiger partial charge in [0, 0.05) is 17.1 Å². The molecule has 0 unspecified atom stereocenters. The van der Waals surface area contributed by atoms with Crippen LogP contribution in [-0.4, -0.2) is 23.2 Å². The Morgan fingerprint density at radius 2 is 2.18 bits per heavy atom. The average molecular weight is 231 g/mol. The Kier molecular flexibility index (Phi) is 2.95. The molecule has 0 aliphatic carbocycles. The zero-order valence-electron chi connectivity index (χ0n) is 9.73. The lowest BCUT2D eigenvalue weighted by atomic mass is 10.1. The van der Waals surface area contributed by atoms with Crippen molar-refractivity contribution in [2.45, 2.75) is 13.3 Å². The number of aliphatic carboxylic acids is 1. The topological polar surface area (TPSA) is 59.4 Å². The van der Waals surface area contributed by atoms with Crippen LogP contribution < -0.4 is 4.74 Å². The minimum atomic E-state index is -0.844. The first kappa shape index (κ1) is 11.4. The summed E-state index contributed by atoms with van der Waals surface area (Å²) in [6.07, 6.45) is 0.00781. The molecule has 17 heavy (non-hydrogen) atoms. The van der Waals surface area contributed by atoms with Crippen LogP contribution in [0.1, 0.15) is 11.3 Å². The Labute approximate surface area is 98.9 Å². The Morgan fingerprint density at radius 1 is 1.41 bits per heavy atom. The van der Waals surface area contributed by atoms with Crippen molar-refractivity contribution < 1.29 is 14.6 Å². The number of carboxylic acid groups (broad SMARTS) is 1. The van der Waals surface area contributed by atoms with Crippen LogP contribution in [0.4, 0.5) is 0 Å². The normalized spacial score (nSPS) is 10.5. The maximum Gasteiger partial charge on any atom is 0.307 e. The summed E-state index contributed by atoms with van der Waals surface area (Å²) in [7, 11) is 1.61. The van der Waals surface area contributed by atoms with E-state index in [2.05, 4.69) is 4.98 Å². The van der Waals surface area contributed by atoms with Crippen LogP contribution >= 0.6 is 0 Å². The molecule has 0 amide bonds. The number of carboxylic acids is 1. The molecule has 0 spiro atoms. The molecule has 0 saturated heterocycles. The largest absolute Gasteiger partial charge is 0.496 e. The molecule has 88 valence electrons. The number of benzene rings is 1. The highest BCUT2D eigenvalue weighted by molar-refractivity contribution is 5.86. The Morgan fingerprint density at radius 3 is 2.82 bits per heavy atom. The van der Waals surface area contributed by atoms with E-state index in [0.29, 0.717) is 0 Å². The molecule has 4 nitrogen and oxygen atoms in total. The summed E-state index contributed by atoms with van der Waals surface area (Å²) in [4.78, 5) is 15.0. The lowest BCUT2D eigenvalue weighted by Gasteiger charge is -2.07. The summed E-state index contributed by atoms with van der Waals surface area (Å²) in [6, 6.07) is 7.28. The van der Waals surface area contributed by atoms with Gasteiger partial charge in [-0.15, -0.1) is 0 Å². The predicted molar refractivity (Wildman–Crippen MR) is 64.4 cm³/mol. The fourth-order valence-electron chi connectivity index (χ4n) is 1.82. The van der Waals surface area contributed by atoms with Gasteiger partial charge in [0.25, 0.3) is 0 Å². The fourth-order valence-corrected chi connectivity index (χ4v) is 1.82. The van der Waals surface area contributed by atoms with Gasteiger partial charge in [0.05, 0.1) is 19.0 Å². The number of nitrogens with zero attached hydrogens (tertiary/aromatic N) is 1. The van der Waals surface area contributed by atoms with E-state index in [0.717, 1.165) is 27.9 Å². The molecule has 1 aromatic carbocycles. The van der Waals surface area contributed by atoms with Crippen molar-refractivity contribution in [1.29, 1.82) is 0 Å². The molecule has 0 bridgehead atoms. The molecule has 0 aliphatic rings. The second-order valence-corrected chi connectivity index (χ2v) is 3.89. The molecule has 2 rings (SSSR count). The highest BCUT2D eigenvalue weighted by Crippen LogP contribution is 2.25. The van der Waals surface area contributed by atoms with Gasteiger partial charge in [0.2, 0.25) is 0 Å². The monoisotopic (exact) mass is 231 g/mol. The first-order valence-electron chi connectivity index (χ1n) is 5.26. The van der Waals surface area contributed by atoms with E-state index in [1.54, 1.807) is 19.2 Å². The molecule has 1 aromatic heterocycles. The molecule has 0 radical (unpaired) electrons. The molecule has 1 heterocycles. The van der Waals surface area contributed by atoms with Gasteiger partial charge in [0.15, 0.2) is 0 Å². The van der Waals surface area contributed by atoms with Gasteiger partial charge in [0.1, 0.15) is 5.75 Å². The van der Waals surface area contributed by atoms with Gasteiger partial charge < -0.3 is 9.84 Å². The van der Waals surface area contributed by atoms with Crippen molar-refractivity contribution in [1.82, 2.24) is 4.98 Å². The van der Waals surface area contributed by atoms with Crippen molar-refractivity contribution in [3.8, 4) is 5.75 Å². The van der Waals surface area contributed by atoms with Gasteiger partial charge in [-0.3, -0.25) is 9.78 Å².